The van der Waals surface area contributed by atoms with Gasteiger partial charge in [-0.05, 0) is 0 Å². The summed E-state index contributed by atoms with van der Waals surface area (Å²) < 4.78 is 4.83. The zero-order chi connectivity index (χ0) is 6.69. The average molecular weight is 138 g/mol. The lowest BCUT2D eigenvalue weighted by Crippen LogP contribution is -1.80. The van der Waals surface area contributed by atoms with Crippen molar-refractivity contribution in [3.05, 3.63) is 16.3 Å². The molecule has 0 N–H and O–H groups in total. The maximum absolute atomic E-state index is 8.38. The van der Waals surface area contributed by atoms with Crippen LogP contribution in [0.4, 0.5) is 0 Å². The molecule has 0 saturated heterocycles. The van der Waals surface area contributed by atoms with Crippen LogP contribution in [0.5, 0.6) is 5.75 Å². The Morgan fingerprint density at radius 3 is 3.11 bits per heavy atom. The molecule has 9 heavy (non-hydrogen) atoms. The lowest BCUT2D eigenvalue weighted by Gasteiger charge is -1.90. The van der Waals surface area contributed by atoms with Crippen LogP contribution in [0.15, 0.2) is 5.38 Å². The molecule has 3 heteroatoms. The summed E-state index contributed by atoms with van der Waals surface area (Å²) in [5.41, 5.74) is 0.488. The minimum absolute atomic E-state index is 0.488. The molecule has 0 aliphatic rings. The number of rotatable bonds is 1. The maximum atomic E-state index is 8.38. The van der Waals surface area contributed by atoms with Gasteiger partial charge in [-0.25, -0.2) is 0 Å². The van der Waals surface area contributed by atoms with Gasteiger partial charge in [-0.3, -0.25) is 0 Å². The first-order valence-corrected chi connectivity index (χ1v) is 3.19. The molecule has 0 unspecified atom stereocenters. The molecule has 0 aromatic carbocycles. The van der Waals surface area contributed by atoms with Crippen LogP contribution >= 0.6 is 11.3 Å². The third-order valence-electron chi connectivity index (χ3n) is 0.905. The molecule has 1 aromatic rings. The Hall–Kier alpha value is -1.01. The monoisotopic (exact) mass is 138 g/mol. The lowest BCUT2D eigenvalue weighted by atomic mass is 10.3. The first-order chi connectivity index (χ1) is 4.38. The summed E-state index contributed by atoms with van der Waals surface area (Å²) in [6.45, 7) is 0. The van der Waals surface area contributed by atoms with Gasteiger partial charge in [-0.15, -0.1) is 11.3 Å². The van der Waals surface area contributed by atoms with Crippen LogP contribution in [-0.2, 0) is 0 Å². The minimum atomic E-state index is 0.488. The highest BCUT2D eigenvalue weighted by Gasteiger charge is 2.00. The summed E-state index contributed by atoms with van der Waals surface area (Å²) in [5, 5.41) is 12.9. The Kier molecular flexibility index (Phi) is 1.71. The van der Waals surface area contributed by atoms with Crippen molar-refractivity contribution < 1.29 is 4.74 Å². The third-order valence-corrected chi connectivity index (χ3v) is 1.56. The Balaban J connectivity index is 3.02. The van der Waals surface area contributed by atoms with Crippen LogP contribution in [0.25, 0.3) is 0 Å². The van der Waals surface area contributed by atoms with E-state index in [0.717, 1.165) is 0 Å². The highest BCUT2D eigenvalue weighted by atomic mass is 32.1. The van der Waals surface area contributed by atoms with Crippen LogP contribution in [-0.4, -0.2) is 7.11 Å². The Morgan fingerprint density at radius 1 is 1.89 bits per heavy atom. The largest absolute Gasteiger partial charge is 0.494 e. The predicted molar refractivity (Wildman–Crippen MR) is 34.4 cm³/mol. The van der Waals surface area contributed by atoms with E-state index in [1.165, 1.54) is 18.4 Å². The summed E-state index contributed by atoms with van der Waals surface area (Å²) in [5.74, 6) is 0.613. The highest BCUT2D eigenvalue weighted by Crippen LogP contribution is 2.20. The minimum Gasteiger partial charge on any atom is -0.494 e. The Labute approximate surface area is 57.3 Å². The van der Waals surface area contributed by atoms with Gasteiger partial charge in [0.2, 0.25) is 0 Å². The zero-order valence-electron chi connectivity index (χ0n) is 4.84. The molecule has 0 aliphatic carbocycles. The highest BCUT2D eigenvalue weighted by molar-refractivity contribution is 7.07. The van der Waals surface area contributed by atoms with Gasteiger partial charge in [-0.2, -0.15) is 5.26 Å². The molecule has 1 rings (SSSR count). The van der Waals surface area contributed by atoms with Crippen molar-refractivity contribution in [2.45, 2.75) is 0 Å². The number of hydrogen-bond acceptors (Lipinski definition) is 3. The summed E-state index contributed by atoms with van der Waals surface area (Å²) in [7, 11) is 1.54. The number of hydrogen-bond donors (Lipinski definition) is 0. The fraction of sp³-hybridized carbons (Fsp3) is 0.167. The van der Waals surface area contributed by atoms with E-state index in [4.69, 9.17) is 10.00 Å². The number of ether oxygens (including phenoxy) is 1. The molecule has 0 fully saturated rings. The van der Waals surface area contributed by atoms with Crippen molar-refractivity contribution in [1.29, 1.82) is 5.26 Å². The molecular formula is C6H4NOS. The molecule has 45 valence electrons. The molecule has 0 spiro atoms. The van der Waals surface area contributed by atoms with Gasteiger partial charge in [0.05, 0.1) is 12.5 Å². The number of methoxy groups -OCH3 is 1. The molecule has 1 radical (unpaired) electrons. The van der Waals surface area contributed by atoms with Crippen molar-refractivity contribution >= 4 is 11.3 Å². The van der Waals surface area contributed by atoms with Crippen LogP contribution in [0.2, 0.25) is 0 Å². The molecule has 0 amide bonds. The molecule has 2 nitrogen and oxygen atoms in total. The third kappa shape index (κ3) is 1.03. The van der Waals surface area contributed by atoms with Crippen LogP contribution in [0, 0.1) is 16.7 Å². The Bertz CT molecular complexity index is 235. The number of nitrogens with zero attached hydrogens (tertiary/aromatic N) is 1. The molecule has 0 bridgehead atoms. The summed E-state index contributed by atoms with van der Waals surface area (Å²) >= 11 is 1.34. The molecule has 1 aromatic heterocycles. The molecule has 0 aliphatic heterocycles. The zero-order valence-corrected chi connectivity index (χ0v) is 5.66. The Morgan fingerprint density at radius 2 is 2.67 bits per heavy atom. The van der Waals surface area contributed by atoms with Crippen molar-refractivity contribution in [1.82, 2.24) is 0 Å². The number of nitriles is 1. The van der Waals surface area contributed by atoms with Gasteiger partial charge in [-0.1, -0.05) is 0 Å². The normalized spacial score (nSPS) is 8.44. The summed E-state index contributed by atoms with van der Waals surface area (Å²) in [6, 6.07) is 1.96. The fourth-order valence-corrected chi connectivity index (χ4v) is 1.12. The smallest absolute Gasteiger partial charge is 0.148 e. The molecular weight excluding hydrogens is 134 g/mol. The van der Waals surface area contributed by atoms with Crippen molar-refractivity contribution in [3.63, 3.8) is 0 Å². The van der Waals surface area contributed by atoms with Gasteiger partial charge >= 0.3 is 0 Å². The average Bonchev–Trinajstić information content (AvgIpc) is 2.33. The van der Waals surface area contributed by atoms with E-state index in [2.05, 4.69) is 5.38 Å². The van der Waals surface area contributed by atoms with E-state index in [1.54, 1.807) is 5.38 Å². The molecule has 0 atom stereocenters. The second-order valence-corrected chi connectivity index (χ2v) is 2.07. The van der Waals surface area contributed by atoms with Crippen LogP contribution in [0.1, 0.15) is 5.56 Å². The fourth-order valence-electron chi connectivity index (χ4n) is 0.479. The van der Waals surface area contributed by atoms with E-state index in [1.807, 2.05) is 6.07 Å². The summed E-state index contributed by atoms with van der Waals surface area (Å²) in [6.07, 6.45) is 0. The van der Waals surface area contributed by atoms with Gasteiger partial charge in [0, 0.05) is 5.38 Å². The van der Waals surface area contributed by atoms with E-state index in [-0.39, 0.29) is 0 Å². The van der Waals surface area contributed by atoms with E-state index >= 15 is 0 Å². The second-order valence-electron chi connectivity index (χ2n) is 1.39. The quantitative estimate of drug-likeness (QED) is 0.588. The van der Waals surface area contributed by atoms with E-state index in [0.29, 0.717) is 11.3 Å². The lowest BCUT2D eigenvalue weighted by molar-refractivity contribution is 0.415. The van der Waals surface area contributed by atoms with E-state index in [9.17, 15) is 0 Å². The van der Waals surface area contributed by atoms with Crippen LogP contribution in [0.3, 0.4) is 0 Å². The van der Waals surface area contributed by atoms with Gasteiger partial charge in [0.25, 0.3) is 0 Å². The first kappa shape index (κ1) is 6.12. The topological polar surface area (TPSA) is 33.0 Å². The van der Waals surface area contributed by atoms with Crippen molar-refractivity contribution in [3.8, 4) is 11.8 Å². The summed E-state index contributed by atoms with van der Waals surface area (Å²) in [4.78, 5) is 0. The predicted octanol–water partition coefficient (Wildman–Crippen LogP) is 1.43. The SMILES string of the molecule is COc1cs[c]c1C#N. The first-order valence-electron chi connectivity index (χ1n) is 2.31. The van der Waals surface area contributed by atoms with Gasteiger partial charge in [0.1, 0.15) is 17.4 Å². The van der Waals surface area contributed by atoms with Crippen molar-refractivity contribution in [2.24, 2.45) is 0 Å². The van der Waals surface area contributed by atoms with Crippen molar-refractivity contribution in [2.75, 3.05) is 7.11 Å². The van der Waals surface area contributed by atoms with E-state index < -0.39 is 0 Å². The standard InChI is InChI=1S/C6H4NOS/c1-8-6-4-9-3-5(6)2-7/h4H,1H3. The maximum Gasteiger partial charge on any atom is 0.148 e. The second kappa shape index (κ2) is 2.51. The van der Waals surface area contributed by atoms with Gasteiger partial charge < -0.3 is 4.74 Å². The van der Waals surface area contributed by atoms with Crippen LogP contribution < -0.4 is 4.74 Å². The molecule has 0 saturated carbocycles. The van der Waals surface area contributed by atoms with Gasteiger partial charge in [0.15, 0.2) is 0 Å². The molecule has 1 heterocycles. The number of thiophene rings is 1.